The number of alkyl halides is 1. The minimum atomic E-state index is -0.764. The van der Waals surface area contributed by atoms with Crippen molar-refractivity contribution in [3.05, 3.63) is 95.6 Å². The van der Waals surface area contributed by atoms with Crippen LogP contribution in [-0.2, 0) is 20.9 Å². The number of nitrogens with one attached hydrogen (secondary N) is 1. The zero-order valence-electron chi connectivity index (χ0n) is 16.8. The van der Waals surface area contributed by atoms with E-state index < -0.39 is 18.1 Å². The highest BCUT2D eigenvalue weighted by atomic mass is 127. The predicted molar refractivity (Wildman–Crippen MR) is 127 cm³/mol. The maximum atomic E-state index is 12.4. The van der Waals surface area contributed by atoms with Gasteiger partial charge in [0.1, 0.15) is 19.3 Å². The molecule has 3 aromatic carbocycles. The molecule has 0 aliphatic heterocycles. The van der Waals surface area contributed by atoms with Crippen LogP contribution in [0.3, 0.4) is 0 Å². The summed E-state index contributed by atoms with van der Waals surface area (Å²) in [6.07, 6.45) is -0.625. The summed E-state index contributed by atoms with van der Waals surface area (Å²) in [5.41, 5.74) is 5.51. The number of ether oxygens (including phenoxy) is 2. The van der Waals surface area contributed by atoms with Crippen LogP contribution in [0.1, 0.15) is 22.6 Å². The molecule has 0 aromatic heterocycles. The highest BCUT2D eigenvalue weighted by Crippen LogP contribution is 2.44. The number of hydrogen-bond donors (Lipinski definition) is 1. The summed E-state index contributed by atoms with van der Waals surface area (Å²) in [6.45, 7) is 0.367. The van der Waals surface area contributed by atoms with Crippen LogP contribution in [0.15, 0.2) is 78.9 Å². The Labute approximate surface area is 194 Å². The third-order valence-corrected chi connectivity index (χ3v) is 6.18. The van der Waals surface area contributed by atoms with E-state index in [9.17, 15) is 9.59 Å². The van der Waals surface area contributed by atoms with Gasteiger partial charge in [-0.05, 0) is 27.8 Å². The van der Waals surface area contributed by atoms with E-state index in [0.29, 0.717) is 4.43 Å². The van der Waals surface area contributed by atoms with Gasteiger partial charge >= 0.3 is 12.1 Å². The molecular weight excluding hydrogens is 505 g/mol. The van der Waals surface area contributed by atoms with E-state index in [0.717, 1.165) is 16.7 Å². The lowest BCUT2D eigenvalue weighted by Gasteiger charge is -2.18. The van der Waals surface area contributed by atoms with E-state index in [2.05, 4.69) is 29.6 Å². The van der Waals surface area contributed by atoms with Gasteiger partial charge in [0.25, 0.3) is 0 Å². The Morgan fingerprint density at radius 1 is 0.839 bits per heavy atom. The number of halogens is 1. The normalized spacial score (nSPS) is 13.1. The number of amides is 1. The molecule has 0 heterocycles. The van der Waals surface area contributed by atoms with E-state index in [4.69, 9.17) is 9.47 Å². The van der Waals surface area contributed by atoms with Gasteiger partial charge in [-0.25, -0.2) is 9.59 Å². The number of rotatable bonds is 7. The maximum Gasteiger partial charge on any atom is 0.407 e. The monoisotopic (exact) mass is 527 g/mol. The second-order valence-electron chi connectivity index (χ2n) is 7.27. The topological polar surface area (TPSA) is 64.6 Å². The van der Waals surface area contributed by atoms with Crippen molar-refractivity contribution >= 4 is 34.7 Å². The molecule has 158 valence electrons. The number of benzene rings is 3. The quantitative estimate of drug-likeness (QED) is 0.265. The first-order valence-corrected chi connectivity index (χ1v) is 11.6. The third kappa shape index (κ3) is 4.90. The Hall–Kier alpha value is -2.87. The molecule has 1 aliphatic rings. The molecule has 0 saturated heterocycles. The standard InChI is InChI=1S/C25H22INO4/c26-14-23(24(28)30-15-17-8-2-1-3-9-17)27-25(29)31-16-22-20-12-6-4-10-18(20)19-11-5-7-13-21(19)22/h1-13,22-23H,14-16H2,(H,27,29)/t23-/m1/s1. The Morgan fingerprint density at radius 3 is 2.03 bits per heavy atom. The largest absolute Gasteiger partial charge is 0.459 e. The summed E-state index contributed by atoms with van der Waals surface area (Å²) < 4.78 is 11.2. The Morgan fingerprint density at radius 2 is 1.42 bits per heavy atom. The Balaban J connectivity index is 1.35. The van der Waals surface area contributed by atoms with Crippen LogP contribution >= 0.6 is 22.6 Å². The number of carbonyl (C=O) groups excluding carboxylic acids is 2. The van der Waals surface area contributed by atoms with Gasteiger partial charge < -0.3 is 14.8 Å². The zero-order valence-corrected chi connectivity index (χ0v) is 19.0. The van der Waals surface area contributed by atoms with Gasteiger partial charge in [-0.15, -0.1) is 0 Å². The highest BCUT2D eigenvalue weighted by molar-refractivity contribution is 14.1. The van der Waals surface area contributed by atoms with Crippen molar-refractivity contribution in [2.75, 3.05) is 11.0 Å². The van der Waals surface area contributed by atoms with Crippen LogP contribution in [0.25, 0.3) is 11.1 Å². The van der Waals surface area contributed by atoms with Crippen molar-refractivity contribution in [3.8, 4) is 11.1 Å². The number of hydrogen-bond acceptors (Lipinski definition) is 4. The molecule has 6 heteroatoms. The summed E-state index contributed by atoms with van der Waals surface area (Å²) in [6, 6.07) is 25.0. The lowest BCUT2D eigenvalue weighted by molar-refractivity contribution is -0.146. The van der Waals surface area contributed by atoms with Gasteiger partial charge in [0.2, 0.25) is 0 Å². The number of fused-ring (bicyclic) bond motifs is 3. The van der Waals surface area contributed by atoms with Gasteiger partial charge in [-0.3, -0.25) is 0 Å². The van der Waals surface area contributed by atoms with E-state index in [1.165, 1.54) is 11.1 Å². The molecular formula is C25H22INO4. The summed E-state index contributed by atoms with van der Waals surface area (Å²) in [7, 11) is 0. The second kappa shape index (κ2) is 9.96. The van der Waals surface area contributed by atoms with E-state index in [-0.39, 0.29) is 19.1 Å². The molecule has 0 bridgehead atoms. The SMILES string of the molecule is O=C(N[C@H](CI)C(=O)OCc1ccccc1)OCC1c2ccccc2-c2ccccc21. The molecule has 4 rings (SSSR count). The minimum Gasteiger partial charge on any atom is -0.459 e. The van der Waals surface area contributed by atoms with Gasteiger partial charge in [0, 0.05) is 10.3 Å². The first-order valence-electron chi connectivity index (χ1n) is 10.1. The average molecular weight is 527 g/mol. The highest BCUT2D eigenvalue weighted by Gasteiger charge is 2.29. The van der Waals surface area contributed by atoms with Gasteiger partial charge in [-0.2, -0.15) is 0 Å². The molecule has 1 amide bonds. The van der Waals surface area contributed by atoms with Crippen LogP contribution in [0.5, 0.6) is 0 Å². The van der Waals surface area contributed by atoms with Gasteiger partial charge in [0.05, 0.1) is 0 Å². The Kier molecular flexibility index (Phi) is 6.86. The van der Waals surface area contributed by atoms with E-state index >= 15 is 0 Å². The van der Waals surface area contributed by atoms with Crippen LogP contribution in [0, 0.1) is 0 Å². The molecule has 5 nitrogen and oxygen atoms in total. The number of esters is 1. The van der Waals surface area contributed by atoms with E-state index in [1.54, 1.807) is 0 Å². The molecule has 0 fully saturated rings. The molecule has 3 aromatic rings. The van der Waals surface area contributed by atoms with Gasteiger partial charge in [0.15, 0.2) is 0 Å². The van der Waals surface area contributed by atoms with E-state index in [1.807, 2.05) is 77.2 Å². The summed E-state index contributed by atoms with van der Waals surface area (Å²) in [5, 5.41) is 2.63. The van der Waals surface area contributed by atoms with Crippen LogP contribution in [0.2, 0.25) is 0 Å². The first kappa shape index (κ1) is 21.4. The molecule has 0 radical (unpaired) electrons. The lowest BCUT2D eigenvalue weighted by Crippen LogP contribution is -2.43. The zero-order chi connectivity index (χ0) is 21.6. The average Bonchev–Trinajstić information content (AvgIpc) is 3.14. The smallest absolute Gasteiger partial charge is 0.407 e. The maximum absolute atomic E-state index is 12.4. The summed E-state index contributed by atoms with van der Waals surface area (Å²) >= 11 is 2.05. The van der Waals surface area contributed by atoms with Gasteiger partial charge in [-0.1, -0.05) is 101 Å². The number of alkyl carbamates (subject to hydrolysis) is 1. The molecule has 1 atom stereocenters. The molecule has 1 N–H and O–H groups in total. The molecule has 0 spiro atoms. The number of carbonyl (C=O) groups is 2. The molecule has 1 aliphatic carbocycles. The fourth-order valence-electron chi connectivity index (χ4n) is 3.77. The van der Waals surface area contributed by atoms with Crippen LogP contribution < -0.4 is 5.32 Å². The van der Waals surface area contributed by atoms with Crippen molar-refractivity contribution in [1.29, 1.82) is 0 Å². The van der Waals surface area contributed by atoms with Crippen molar-refractivity contribution < 1.29 is 19.1 Å². The lowest BCUT2D eigenvalue weighted by atomic mass is 9.98. The fraction of sp³-hybridized carbons (Fsp3) is 0.200. The predicted octanol–water partition coefficient (Wildman–Crippen LogP) is 5.07. The first-order chi connectivity index (χ1) is 15.2. The Bertz CT molecular complexity index is 1020. The molecule has 31 heavy (non-hydrogen) atoms. The van der Waals surface area contributed by atoms with Crippen molar-refractivity contribution in [2.45, 2.75) is 18.6 Å². The minimum absolute atomic E-state index is 0.0266. The summed E-state index contributed by atoms with van der Waals surface area (Å²) in [5.74, 6) is -0.506. The van der Waals surface area contributed by atoms with Crippen molar-refractivity contribution in [2.24, 2.45) is 0 Å². The van der Waals surface area contributed by atoms with Crippen molar-refractivity contribution in [1.82, 2.24) is 5.32 Å². The molecule has 0 unspecified atom stereocenters. The third-order valence-electron chi connectivity index (χ3n) is 5.30. The van der Waals surface area contributed by atoms with Crippen LogP contribution in [-0.4, -0.2) is 29.1 Å². The summed E-state index contributed by atoms with van der Waals surface area (Å²) in [4.78, 5) is 24.8. The second-order valence-corrected chi connectivity index (χ2v) is 8.15. The molecule has 0 saturated carbocycles. The fourth-order valence-corrected chi connectivity index (χ4v) is 4.35. The van der Waals surface area contributed by atoms with Crippen LogP contribution in [0.4, 0.5) is 4.79 Å². The van der Waals surface area contributed by atoms with Crippen molar-refractivity contribution in [3.63, 3.8) is 0 Å².